The van der Waals surface area contributed by atoms with Gasteiger partial charge in [0, 0.05) is 35.9 Å². The van der Waals surface area contributed by atoms with Crippen molar-refractivity contribution in [3.8, 4) is 16.9 Å². The molecule has 0 heterocycles. The van der Waals surface area contributed by atoms with Crippen LogP contribution >= 0.6 is 0 Å². The zero-order valence-corrected chi connectivity index (χ0v) is 24.2. The van der Waals surface area contributed by atoms with Gasteiger partial charge in [-0.1, -0.05) is 63.2 Å². The lowest BCUT2D eigenvalue weighted by atomic mass is 9.53. The van der Waals surface area contributed by atoms with Crippen molar-refractivity contribution in [1.29, 1.82) is 0 Å². The Balaban J connectivity index is 1.55. The van der Waals surface area contributed by atoms with Gasteiger partial charge in [0.05, 0.1) is 5.56 Å². The molecule has 3 aliphatic rings. The molecule has 9 nitrogen and oxygen atoms in total. The van der Waals surface area contributed by atoms with Gasteiger partial charge in [0.2, 0.25) is 5.78 Å². The molecular formula is C34H34N2O7. The predicted molar refractivity (Wildman–Crippen MR) is 161 cm³/mol. The van der Waals surface area contributed by atoms with E-state index in [2.05, 4.69) is 31.3 Å². The first kappa shape index (κ1) is 28.6. The quantitative estimate of drug-likeness (QED) is 0.244. The molecule has 0 saturated heterocycles. The van der Waals surface area contributed by atoms with Crippen LogP contribution in [0.15, 0.2) is 65.4 Å². The molecule has 0 bridgehead atoms. The van der Waals surface area contributed by atoms with Crippen LogP contribution in [0.25, 0.3) is 27.7 Å². The van der Waals surface area contributed by atoms with Crippen molar-refractivity contribution in [2.45, 2.75) is 58.2 Å². The molecule has 43 heavy (non-hydrogen) atoms. The van der Waals surface area contributed by atoms with Crippen molar-refractivity contribution in [2.75, 3.05) is 0 Å². The maximum atomic E-state index is 14.0. The van der Waals surface area contributed by atoms with E-state index in [-0.39, 0.29) is 36.1 Å². The summed E-state index contributed by atoms with van der Waals surface area (Å²) >= 11 is 0. The second-order valence-corrected chi connectivity index (χ2v) is 12.5. The molecule has 0 unspecified atom stereocenters. The molecule has 0 radical (unpaired) electrons. The molecule has 3 aromatic carbocycles. The number of ketones is 2. The van der Waals surface area contributed by atoms with Gasteiger partial charge < -0.3 is 31.5 Å². The predicted octanol–water partition coefficient (Wildman–Crippen LogP) is 4.13. The van der Waals surface area contributed by atoms with Crippen LogP contribution in [0.4, 0.5) is 0 Å². The van der Waals surface area contributed by atoms with E-state index in [4.69, 9.17) is 5.73 Å². The summed E-state index contributed by atoms with van der Waals surface area (Å²) in [5.41, 5.74) is 4.12. The summed E-state index contributed by atoms with van der Waals surface area (Å²) in [5, 5.41) is 50.6. The molecule has 0 spiro atoms. The first-order valence-corrected chi connectivity index (χ1v) is 14.4. The molecule has 0 aromatic heterocycles. The van der Waals surface area contributed by atoms with Gasteiger partial charge in [0.1, 0.15) is 22.8 Å². The Bertz CT molecular complexity index is 1820. The van der Waals surface area contributed by atoms with Crippen LogP contribution in [0.1, 0.15) is 50.3 Å². The van der Waals surface area contributed by atoms with E-state index in [0.29, 0.717) is 18.2 Å². The fourth-order valence-corrected chi connectivity index (χ4v) is 7.34. The van der Waals surface area contributed by atoms with Gasteiger partial charge in [0.15, 0.2) is 11.4 Å². The van der Waals surface area contributed by atoms with Crippen molar-refractivity contribution in [1.82, 2.24) is 5.32 Å². The van der Waals surface area contributed by atoms with Crippen LogP contribution in [0, 0.1) is 11.3 Å². The number of phenols is 1. The highest BCUT2D eigenvalue weighted by atomic mass is 16.3. The van der Waals surface area contributed by atoms with Crippen molar-refractivity contribution >= 4 is 34.0 Å². The SMILES string of the molecule is CC(C)NCc1ccc(-c2ccc(O)c3c2C[C@@]2(C)C[C@H]4CC(=O)C(C(N)=O)=C(O)[C@@]4(O)C(=O)C2=C3O)c2ccccc12. The molecule has 1 saturated carbocycles. The van der Waals surface area contributed by atoms with Crippen LogP contribution in [0.3, 0.4) is 0 Å². The highest BCUT2D eigenvalue weighted by Crippen LogP contribution is 2.58. The molecule has 7 N–H and O–H groups in total. The number of rotatable bonds is 5. The van der Waals surface area contributed by atoms with E-state index in [1.54, 1.807) is 13.0 Å². The molecule has 3 atom stereocenters. The lowest BCUT2D eigenvalue weighted by Crippen LogP contribution is -2.60. The number of hydrogen-bond acceptors (Lipinski definition) is 8. The van der Waals surface area contributed by atoms with Crippen molar-refractivity contribution in [2.24, 2.45) is 17.1 Å². The number of primary amides is 1. The zero-order valence-electron chi connectivity index (χ0n) is 24.2. The lowest BCUT2D eigenvalue weighted by molar-refractivity contribution is -0.150. The summed E-state index contributed by atoms with van der Waals surface area (Å²) in [5.74, 6) is -5.90. The Kier molecular flexibility index (Phi) is 6.52. The number of Topliss-reactive ketones (excluding diaryl/α,β-unsaturated/α-hetero) is 2. The van der Waals surface area contributed by atoms with E-state index in [9.17, 15) is 34.8 Å². The van der Waals surface area contributed by atoms with Gasteiger partial charge in [-0.25, -0.2) is 0 Å². The van der Waals surface area contributed by atoms with Crippen LogP contribution < -0.4 is 11.1 Å². The Morgan fingerprint density at radius 2 is 1.70 bits per heavy atom. The third kappa shape index (κ3) is 4.10. The minimum atomic E-state index is -2.61. The summed E-state index contributed by atoms with van der Waals surface area (Å²) in [6, 6.07) is 15.7. The second kappa shape index (κ2) is 9.79. The van der Waals surface area contributed by atoms with Crippen molar-refractivity contribution in [3.05, 3.63) is 82.1 Å². The normalized spacial score (nSPS) is 25.2. The zero-order chi connectivity index (χ0) is 31.0. The highest BCUT2D eigenvalue weighted by Gasteiger charge is 2.63. The second-order valence-electron chi connectivity index (χ2n) is 12.5. The fraction of sp³-hybridized carbons (Fsp3) is 0.324. The number of nitrogens with two attached hydrogens (primary N) is 1. The number of carbonyl (C=O) groups excluding carboxylic acids is 3. The number of aromatic hydroxyl groups is 1. The summed E-state index contributed by atoms with van der Waals surface area (Å²) in [6.07, 6.45) is -0.119. The maximum Gasteiger partial charge on any atom is 0.255 e. The average Bonchev–Trinajstić information content (AvgIpc) is 2.93. The summed E-state index contributed by atoms with van der Waals surface area (Å²) in [6.45, 7) is 6.62. The molecule has 3 aliphatic carbocycles. The molecule has 222 valence electrons. The lowest BCUT2D eigenvalue weighted by Gasteiger charge is -2.51. The van der Waals surface area contributed by atoms with Crippen molar-refractivity contribution < 1.29 is 34.8 Å². The number of aliphatic hydroxyl groups is 3. The molecule has 6 rings (SSSR count). The maximum absolute atomic E-state index is 14.0. The van der Waals surface area contributed by atoms with E-state index < -0.39 is 51.5 Å². The smallest absolute Gasteiger partial charge is 0.255 e. The molecular weight excluding hydrogens is 548 g/mol. The minimum absolute atomic E-state index is 0.0472. The van der Waals surface area contributed by atoms with Crippen LogP contribution in [0.2, 0.25) is 0 Å². The molecule has 0 aliphatic heterocycles. The number of hydrogen-bond donors (Lipinski definition) is 6. The molecule has 9 heteroatoms. The number of benzene rings is 3. The Hall–Kier alpha value is -4.47. The Labute approximate surface area is 248 Å². The largest absolute Gasteiger partial charge is 0.508 e. The fourth-order valence-electron chi connectivity index (χ4n) is 7.34. The molecule has 1 amide bonds. The average molecular weight is 583 g/mol. The minimum Gasteiger partial charge on any atom is -0.508 e. The van der Waals surface area contributed by atoms with E-state index in [1.165, 1.54) is 6.07 Å². The number of phenolic OH excluding ortho intramolecular Hbond substituents is 1. The molecule has 3 aromatic rings. The standard InChI is InChI=1S/C34H34N2O7/c1-16(2)36-15-17-8-9-21(20-7-5-4-6-19(17)20)22-10-11-24(37)26-23(22)14-33(3)13-18-12-25(38)27(32(35)42)30(40)34(18,43)31(41)28(33)29(26)39/h4-11,16,18,36-37,39-40,43H,12-15H2,1-3H3,(H2,35,42)/t18-,33-,34-/m1/s1. The third-order valence-corrected chi connectivity index (χ3v) is 9.36. The summed E-state index contributed by atoms with van der Waals surface area (Å²) in [4.78, 5) is 38.7. The number of amides is 1. The first-order chi connectivity index (χ1) is 20.3. The van der Waals surface area contributed by atoms with Gasteiger partial charge in [-0.3, -0.25) is 14.4 Å². The van der Waals surface area contributed by atoms with Gasteiger partial charge in [0.25, 0.3) is 5.91 Å². The van der Waals surface area contributed by atoms with Gasteiger partial charge in [-0.05, 0) is 51.9 Å². The number of aliphatic hydroxyl groups excluding tert-OH is 2. The van der Waals surface area contributed by atoms with Crippen molar-refractivity contribution in [3.63, 3.8) is 0 Å². The monoisotopic (exact) mass is 582 g/mol. The van der Waals surface area contributed by atoms with E-state index in [0.717, 1.165) is 27.5 Å². The third-order valence-electron chi connectivity index (χ3n) is 9.36. The highest BCUT2D eigenvalue weighted by molar-refractivity contribution is 6.23. The van der Waals surface area contributed by atoms with E-state index in [1.807, 2.05) is 24.3 Å². The summed E-state index contributed by atoms with van der Waals surface area (Å²) in [7, 11) is 0. The van der Waals surface area contributed by atoms with Gasteiger partial charge in [-0.15, -0.1) is 0 Å². The van der Waals surface area contributed by atoms with Crippen LogP contribution in [0.5, 0.6) is 5.75 Å². The number of fused-ring (bicyclic) bond motifs is 4. The topological polar surface area (TPSA) is 170 Å². The van der Waals surface area contributed by atoms with Gasteiger partial charge >= 0.3 is 0 Å². The summed E-state index contributed by atoms with van der Waals surface area (Å²) < 4.78 is 0. The van der Waals surface area contributed by atoms with Crippen LogP contribution in [-0.2, 0) is 27.3 Å². The van der Waals surface area contributed by atoms with Gasteiger partial charge in [-0.2, -0.15) is 0 Å². The number of carbonyl (C=O) groups is 3. The first-order valence-electron chi connectivity index (χ1n) is 14.4. The number of nitrogens with one attached hydrogen (secondary N) is 1. The van der Waals surface area contributed by atoms with E-state index >= 15 is 0 Å². The Morgan fingerprint density at radius 3 is 2.37 bits per heavy atom. The van der Waals surface area contributed by atoms with Crippen LogP contribution in [-0.4, -0.2) is 49.5 Å². The Morgan fingerprint density at radius 1 is 1.02 bits per heavy atom. The molecule has 1 fully saturated rings.